The average molecular weight is 233 g/mol. The van der Waals surface area contributed by atoms with Crippen molar-refractivity contribution in [3.05, 3.63) is 30.9 Å². The van der Waals surface area contributed by atoms with Gasteiger partial charge in [-0.15, -0.1) is 0 Å². The zero-order valence-electron chi connectivity index (χ0n) is 9.63. The Kier molecular flexibility index (Phi) is 3.44. The summed E-state index contributed by atoms with van der Waals surface area (Å²) in [5.74, 6) is 1.19. The summed E-state index contributed by atoms with van der Waals surface area (Å²) in [6, 6.07) is 3.59. The highest BCUT2D eigenvalue weighted by Crippen LogP contribution is 2.19. The highest BCUT2D eigenvalue weighted by molar-refractivity contribution is 5.53. The maximum absolute atomic E-state index is 5.68. The van der Waals surface area contributed by atoms with Gasteiger partial charge in [-0.3, -0.25) is 0 Å². The minimum Gasteiger partial charge on any atom is -0.479 e. The first-order chi connectivity index (χ1) is 8.29. The van der Waals surface area contributed by atoms with Crippen molar-refractivity contribution < 1.29 is 4.74 Å². The van der Waals surface area contributed by atoms with Crippen LogP contribution in [0.25, 0.3) is 0 Å². The highest BCUT2D eigenvalue weighted by atomic mass is 16.5. The summed E-state index contributed by atoms with van der Waals surface area (Å²) in [4.78, 5) is 8.20. The van der Waals surface area contributed by atoms with Crippen molar-refractivity contribution in [2.24, 2.45) is 0 Å². The topological polar surface area (TPSA) is 78.0 Å². The first-order valence-electron chi connectivity index (χ1n) is 5.29. The minimum absolute atomic E-state index is 0.442. The van der Waals surface area contributed by atoms with Gasteiger partial charge in [-0.05, 0) is 12.1 Å². The largest absolute Gasteiger partial charge is 0.479 e. The fourth-order valence-electron chi connectivity index (χ4n) is 1.45. The molecule has 0 aliphatic heterocycles. The Morgan fingerprint density at radius 2 is 2.35 bits per heavy atom. The van der Waals surface area contributed by atoms with Crippen LogP contribution in [0.4, 0.5) is 11.5 Å². The van der Waals surface area contributed by atoms with E-state index < -0.39 is 0 Å². The molecule has 6 nitrogen and oxygen atoms in total. The lowest BCUT2D eigenvalue weighted by Crippen LogP contribution is -2.10. The SMILES string of the molecule is COc1nc(NCCn2ccnc2)ccc1N. The van der Waals surface area contributed by atoms with Gasteiger partial charge >= 0.3 is 0 Å². The minimum atomic E-state index is 0.442. The molecule has 17 heavy (non-hydrogen) atoms. The van der Waals surface area contributed by atoms with E-state index in [0.29, 0.717) is 11.6 Å². The Hall–Kier alpha value is -2.24. The number of aromatic nitrogens is 3. The molecule has 2 heterocycles. The van der Waals surface area contributed by atoms with Crippen molar-refractivity contribution in [1.29, 1.82) is 0 Å². The number of hydrogen-bond donors (Lipinski definition) is 2. The first kappa shape index (κ1) is 11.3. The molecule has 0 saturated heterocycles. The first-order valence-corrected chi connectivity index (χ1v) is 5.29. The highest BCUT2D eigenvalue weighted by Gasteiger charge is 2.02. The van der Waals surface area contributed by atoms with Gasteiger partial charge in [0.05, 0.1) is 19.1 Å². The van der Waals surface area contributed by atoms with Crippen molar-refractivity contribution in [2.75, 3.05) is 24.7 Å². The molecule has 0 fully saturated rings. The van der Waals surface area contributed by atoms with Crippen LogP contribution in [0.15, 0.2) is 30.9 Å². The molecule has 0 saturated carbocycles. The van der Waals surface area contributed by atoms with Crippen LogP contribution in [0, 0.1) is 0 Å². The third-order valence-electron chi connectivity index (χ3n) is 2.32. The molecule has 0 unspecified atom stereocenters. The van der Waals surface area contributed by atoms with Gasteiger partial charge in [0.25, 0.3) is 0 Å². The summed E-state index contributed by atoms with van der Waals surface area (Å²) < 4.78 is 7.03. The molecule has 2 aromatic heterocycles. The lowest BCUT2D eigenvalue weighted by Gasteiger charge is -2.08. The summed E-state index contributed by atoms with van der Waals surface area (Å²) >= 11 is 0. The van der Waals surface area contributed by atoms with E-state index in [0.717, 1.165) is 18.9 Å². The molecule has 0 aliphatic carbocycles. The Balaban J connectivity index is 1.90. The maximum Gasteiger partial charge on any atom is 0.238 e. The predicted octanol–water partition coefficient (Wildman–Crippen LogP) is 0.981. The molecule has 0 amide bonds. The number of rotatable bonds is 5. The van der Waals surface area contributed by atoms with Gasteiger partial charge in [0.1, 0.15) is 5.82 Å². The van der Waals surface area contributed by atoms with Crippen LogP contribution in [0.5, 0.6) is 5.88 Å². The zero-order valence-corrected chi connectivity index (χ0v) is 9.63. The number of nitrogen functional groups attached to an aromatic ring is 1. The standard InChI is InChI=1S/C11H15N5O/c1-17-11-9(12)2-3-10(15-11)14-5-7-16-6-4-13-8-16/h2-4,6,8H,5,7,12H2,1H3,(H,14,15). The smallest absolute Gasteiger partial charge is 0.238 e. The number of nitrogens with two attached hydrogens (primary N) is 1. The molecule has 0 bridgehead atoms. The van der Waals surface area contributed by atoms with Crippen LogP contribution in [-0.4, -0.2) is 28.2 Å². The molecule has 2 aromatic rings. The van der Waals surface area contributed by atoms with Gasteiger partial charge in [-0.2, -0.15) is 4.98 Å². The third kappa shape index (κ3) is 2.87. The molecule has 0 spiro atoms. The average Bonchev–Trinajstić information content (AvgIpc) is 2.84. The maximum atomic E-state index is 5.68. The second kappa shape index (κ2) is 5.20. The second-order valence-electron chi connectivity index (χ2n) is 3.52. The van der Waals surface area contributed by atoms with Crippen molar-refractivity contribution in [1.82, 2.24) is 14.5 Å². The van der Waals surface area contributed by atoms with E-state index in [1.165, 1.54) is 0 Å². The van der Waals surface area contributed by atoms with Crippen molar-refractivity contribution in [3.8, 4) is 5.88 Å². The summed E-state index contributed by atoms with van der Waals surface area (Å²) in [7, 11) is 1.55. The lowest BCUT2D eigenvalue weighted by molar-refractivity contribution is 0.401. The number of nitrogens with zero attached hydrogens (tertiary/aromatic N) is 3. The Bertz CT molecular complexity index is 469. The molecule has 90 valence electrons. The zero-order chi connectivity index (χ0) is 12.1. The summed E-state index contributed by atoms with van der Waals surface area (Å²) in [5, 5.41) is 3.19. The number of pyridine rings is 1. The molecule has 0 atom stereocenters. The van der Waals surface area contributed by atoms with Gasteiger partial charge in [0, 0.05) is 25.5 Å². The Morgan fingerprint density at radius 1 is 1.47 bits per heavy atom. The van der Waals surface area contributed by atoms with Crippen molar-refractivity contribution in [3.63, 3.8) is 0 Å². The molecule has 3 N–H and O–H groups in total. The Labute approximate surface area is 99.4 Å². The molecule has 0 radical (unpaired) electrons. The van der Waals surface area contributed by atoms with Crippen molar-refractivity contribution in [2.45, 2.75) is 6.54 Å². The van der Waals surface area contributed by atoms with E-state index in [4.69, 9.17) is 10.5 Å². The quantitative estimate of drug-likeness (QED) is 0.805. The molecular formula is C11H15N5O. The molecule has 0 aliphatic rings. The lowest BCUT2D eigenvalue weighted by atomic mass is 10.4. The molecule has 6 heteroatoms. The van der Waals surface area contributed by atoms with E-state index in [1.54, 1.807) is 25.7 Å². The third-order valence-corrected chi connectivity index (χ3v) is 2.32. The molecule has 2 rings (SSSR count). The van der Waals surface area contributed by atoms with E-state index >= 15 is 0 Å². The molecular weight excluding hydrogens is 218 g/mol. The van der Waals surface area contributed by atoms with E-state index in [9.17, 15) is 0 Å². The normalized spacial score (nSPS) is 10.2. The summed E-state index contributed by atoms with van der Waals surface area (Å²) in [5.41, 5.74) is 6.21. The van der Waals surface area contributed by atoms with Crippen LogP contribution in [0.3, 0.4) is 0 Å². The second-order valence-corrected chi connectivity index (χ2v) is 3.52. The van der Waals surface area contributed by atoms with Crippen LogP contribution in [0.1, 0.15) is 0 Å². The number of anilines is 2. The number of ether oxygens (including phenoxy) is 1. The van der Waals surface area contributed by atoms with Gasteiger partial charge in [0.2, 0.25) is 5.88 Å². The van der Waals surface area contributed by atoms with Crippen LogP contribution >= 0.6 is 0 Å². The van der Waals surface area contributed by atoms with Crippen LogP contribution in [0.2, 0.25) is 0 Å². The van der Waals surface area contributed by atoms with Crippen LogP contribution < -0.4 is 15.8 Å². The number of methoxy groups -OCH3 is 1. The fraction of sp³-hybridized carbons (Fsp3) is 0.273. The Morgan fingerprint density at radius 3 is 3.06 bits per heavy atom. The number of hydrogen-bond acceptors (Lipinski definition) is 5. The van der Waals surface area contributed by atoms with Gasteiger partial charge in [-0.25, -0.2) is 4.98 Å². The van der Waals surface area contributed by atoms with Crippen molar-refractivity contribution >= 4 is 11.5 Å². The van der Waals surface area contributed by atoms with Gasteiger partial charge in [-0.1, -0.05) is 0 Å². The van der Waals surface area contributed by atoms with E-state index in [-0.39, 0.29) is 0 Å². The van der Waals surface area contributed by atoms with Gasteiger partial charge in [0.15, 0.2) is 0 Å². The summed E-state index contributed by atoms with van der Waals surface area (Å²) in [6.07, 6.45) is 5.45. The monoisotopic (exact) mass is 233 g/mol. The predicted molar refractivity (Wildman–Crippen MR) is 65.9 cm³/mol. The fourth-order valence-corrected chi connectivity index (χ4v) is 1.45. The van der Waals surface area contributed by atoms with E-state index in [2.05, 4.69) is 15.3 Å². The number of nitrogens with one attached hydrogen (secondary N) is 1. The summed E-state index contributed by atoms with van der Waals surface area (Å²) in [6.45, 7) is 1.59. The molecule has 0 aromatic carbocycles. The van der Waals surface area contributed by atoms with Crippen LogP contribution in [-0.2, 0) is 6.54 Å². The number of imidazole rings is 1. The van der Waals surface area contributed by atoms with E-state index in [1.807, 2.05) is 16.8 Å². The van der Waals surface area contributed by atoms with Gasteiger partial charge < -0.3 is 20.4 Å².